The van der Waals surface area contributed by atoms with E-state index < -0.39 is 22.9 Å². The van der Waals surface area contributed by atoms with E-state index in [4.69, 9.17) is 0 Å². The van der Waals surface area contributed by atoms with Gasteiger partial charge in [0.15, 0.2) is 0 Å². The van der Waals surface area contributed by atoms with Gasteiger partial charge in [-0.15, -0.1) is 0 Å². The van der Waals surface area contributed by atoms with Gasteiger partial charge in [0.25, 0.3) is 0 Å². The second-order valence-electron chi connectivity index (χ2n) is 14.8. The van der Waals surface area contributed by atoms with Crippen molar-refractivity contribution in [2.75, 3.05) is 6.61 Å². The fourth-order valence-electron chi connectivity index (χ4n) is 11.8. The monoisotopic (exact) mass is 474 g/mol. The van der Waals surface area contributed by atoms with Crippen molar-refractivity contribution in [1.82, 2.24) is 0 Å². The summed E-state index contributed by atoms with van der Waals surface area (Å²) in [5.74, 6) is 2.27. The van der Waals surface area contributed by atoms with Gasteiger partial charge in [0, 0.05) is 5.41 Å². The third-order valence-corrected chi connectivity index (χ3v) is 13.9. The van der Waals surface area contributed by atoms with Crippen LogP contribution >= 0.6 is 0 Å². The molecule has 0 spiro atoms. The largest absolute Gasteiger partial charge is 0.481 e. The standard InChI is InChI=1S/C30H50O4/c1-18(2)19-9-14-30(25(33)34)16-15-28(5)20(24(19)30)7-8-22-26(3)12-11-23(32)27(4,17-31)21(26)10-13-29(22,28)6/h18-24,31-32H,7-17H2,1-6H3,(H,33,34)/t19-,20?,21?,22?,23-,24?,26-,27-,28+,29+,30?/m0/s1. The van der Waals surface area contributed by atoms with E-state index in [9.17, 15) is 20.1 Å². The van der Waals surface area contributed by atoms with Crippen LogP contribution in [0.15, 0.2) is 0 Å². The predicted molar refractivity (Wildman–Crippen MR) is 134 cm³/mol. The summed E-state index contributed by atoms with van der Waals surface area (Å²) in [6.07, 6.45) is 9.81. The molecule has 5 unspecified atom stereocenters. The van der Waals surface area contributed by atoms with Crippen LogP contribution in [0, 0.1) is 62.6 Å². The molecule has 0 aromatic carbocycles. The molecule has 3 N–H and O–H groups in total. The smallest absolute Gasteiger partial charge is 0.309 e. The van der Waals surface area contributed by atoms with E-state index in [1.807, 2.05) is 0 Å². The van der Waals surface area contributed by atoms with Crippen LogP contribution in [0.2, 0.25) is 0 Å². The molecule has 194 valence electrons. The number of carboxylic acids is 1. The van der Waals surface area contributed by atoms with E-state index in [0.29, 0.717) is 35.5 Å². The van der Waals surface area contributed by atoms with Crippen molar-refractivity contribution in [3.63, 3.8) is 0 Å². The molecule has 5 rings (SSSR count). The minimum absolute atomic E-state index is 0.0665. The molecule has 4 heteroatoms. The molecule has 0 radical (unpaired) electrons. The number of rotatable bonds is 3. The lowest BCUT2D eigenvalue weighted by Crippen LogP contribution is -2.67. The Kier molecular flexibility index (Phi) is 5.67. The van der Waals surface area contributed by atoms with Gasteiger partial charge in [-0.25, -0.2) is 0 Å². The van der Waals surface area contributed by atoms with Crippen molar-refractivity contribution in [2.24, 2.45) is 62.6 Å². The summed E-state index contributed by atoms with van der Waals surface area (Å²) >= 11 is 0. The number of aliphatic hydroxyl groups excluding tert-OH is 2. The van der Waals surface area contributed by atoms with Crippen molar-refractivity contribution in [3.8, 4) is 0 Å². The van der Waals surface area contributed by atoms with Gasteiger partial charge in [-0.3, -0.25) is 4.79 Å². The molecule has 0 bridgehead atoms. The molecule has 5 saturated carbocycles. The molecular formula is C30H50O4. The Labute approximate surface area is 207 Å². The fraction of sp³-hybridized carbons (Fsp3) is 0.967. The highest BCUT2D eigenvalue weighted by Gasteiger charge is 2.72. The molecule has 5 fully saturated rings. The van der Waals surface area contributed by atoms with Crippen molar-refractivity contribution < 1.29 is 20.1 Å². The number of carboxylic acid groups (broad SMARTS) is 1. The average Bonchev–Trinajstić information content (AvgIpc) is 3.18. The third-order valence-electron chi connectivity index (χ3n) is 13.9. The first kappa shape index (κ1) is 25.1. The molecule has 0 aliphatic heterocycles. The van der Waals surface area contributed by atoms with Gasteiger partial charge in [0.1, 0.15) is 0 Å². The molecule has 0 heterocycles. The van der Waals surface area contributed by atoms with Crippen LogP contribution in [-0.2, 0) is 4.79 Å². The molecule has 11 atom stereocenters. The fourth-order valence-corrected chi connectivity index (χ4v) is 11.8. The van der Waals surface area contributed by atoms with E-state index in [1.54, 1.807) is 0 Å². The maximum Gasteiger partial charge on any atom is 0.309 e. The highest BCUT2D eigenvalue weighted by atomic mass is 16.4. The van der Waals surface area contributed by atoms with Gasteiger partial charge in [0.05, 0.1) is 18.1 Å². The molecule has 5 aliphatic rings. The second kappa shape index (κ2) is 7.70. The molecule has 34 heavy (non-hydrogen) atoms. The quantitative estimate of drug-likeness (QED) is 0.459. The van der Waals surface area contributed by atoms with E-state index in [-0.39, 0.29) is 22.9 Å². The maximum atomic E-state index is 12.8. The lowest BCUT2D eigenvalue weighted by atomic mass is 9.32. The van der Waals surface area contributed by atoms with Crippen molar-refractivity contribution in [3.05, 3.63) is 0 Å². The molecule has 0 aromatic heterocycles. The van der Waals surface area contributed by atoms with E-state index >= 15 is 0 Å². The van der Waals surface area contributed by atoms with E-state index in [0.717, 1.165) is 57.8 Å². The van der Waals surface area contributed by atoms with Crippen molar-refractivity contribution in [1.29, 1.82) is 0 Å². The zero-order valence-electron chi connectivity index (χ0n) is 22.6. The normalized spacial score (nSPS) is 56.9. The molecule has 4 nitrogen and oxygen atoms in total. The van der Waals surface area contributed by atoms with Gasteiger partial charge in [-0.1, -0.05) is 41.5 Å². The number of carbonyl (C=O) groups is 1. The van der Waals surface area contributed by atoms with Crippen LogP contribution in [0.5, 0.6) is 0 Å². The average molecular weight is 475 g/mol. The summed E-state index contributed by atoms with van der Waals surface area (Å²) < 4.78 is 0. The minimum Gasteiger partial charge on any atom is -0.481 e. The lowest BCUT2D eigenvalue weighted by molar-refractivity contribution is -0.255. The molecule has 5 aliphatic carbocycles. The molecule has 0 amide bonds. The summed E-state index contributed by atoms with van der Waals surface area (Å²) in [7, 11) is 0. The summed E-state index contributed by atoms with van der Waals surface area (Å²) in [4.78, 5) is 12.8. The maximum absolute atomic E-state index is 12.8. The molecular weight excluding hydrogens is 424 g/mol. The Bertz CT molecular complexity index is 840. The molecule has 0 saturated heterocycles. The Balaban J connectivity index is 1.56. The van der Waals surface area contributed by atoms with Crippen molar-refractivity contribution >= 4 is 5.97 Å². The topological polar surface area (TPSA) is 77.8 Å². The van der Waals surface area contributed by atoms with Crippen LogP contribution in [0.4, 0.5) is 0 Å². The van der Waals surface area contributed by atoms with Gasteiger partial charge in [0.2, 0.25) is 0 Å². The van der Waals surface area contributed by atoms with Crippen LogP contribution in [-0.4, -0.2) is 34.0 Å². The van der Waals surface area contributed by atoms with Gasteiger partial charge >= 0.3 is 5.97 Å². The van der Waals surface area contributed by atoms with Gasteiger partial charge in [-0.05, 0) is 116 Å². The number of hydrogen-bond donors (Lipinski definition) is 3. The highest BCUT2D eigenvalue weighted by Crippen LogP contribution is 2.77. The SMILES string of the molecule is CC(C)[C@@H]1CCC2(C(=O)O)CC[C@]3(C)C(CCC4[C@@]5(C)CC[C@H](O)[C@@](C)(CO)C5CC[C@]43C)C12. The van der Waals surface area contributed by atoms with Gasteiger partial charge in [-0.2, -0.15) is 0 Å². The minimum atomic E-state index is -0.523. The van der Waals surface area contributed by atoms with Crippen LogP contribution in [0.3, 0.4) is 0 Å². The van der Waals surface area contributed by atoms with Crippen molar-refractivity contribution in [2.45, 2.75) is 112 Å². The highest BCUT2D eigenvalue weighted by molar-refractivity contribution is 5.76. The number of fused-ring (bicyclic) bond motifs is 7. The number of hydrogen-bond acceptors (Lipinski definition) is 3. The van der Waals surface area contributed by atoms with E-state index in [2.05, 4.69) is 41.5 Å². The summed E-state index contributed by atoms with van der Waals surface area (Å²) in [6.45, 7) is 14.4. The Morgan fingerprint density at radius 1 is 0.853 bits per heavy atom. The summed E-state index contributed by atoms with van der Waals surface area (Å²) in [5, 5.41) is 31.9. The molecule has 0 aromatic rings. The summed E-state index contributed by atoms with van der Waals surface area (Å²) in [5.41, 5.74) is -0.434. The second-order valence-corrected chi connectivity index (χ2v) is 14.8. The van der Waals surface area contributed by atoms with Crippen LogP contribution in [0.25, 0.3) is 0 Å². The van der Waals surface area contributed by atoms with Gasteiger partial charge < -0.3 is 15.3 Å². The zero-order chi connectivity index (χ0) is 24.9. The van der Waals surface area contributed by atoms with Crippen LogP contribution < -0.4 is 0 Å². The number of aliphatic carboxylic acids is 1. The summed E-state index contributed by atoms with van der Waals surface area (Å²) in [6, 6.07) is 0. The zero-order valence-corrected chi connectivity index (χ0v) is 22.6. The first-order chi connectivity index (χ1) is 15.8. The third kappa shape index (κ3) is 2.82. The van der Waals surface area contributed by atoms with Crippen LogP contribution in [0.1, 0.15) is 106 Å². The van der Waals surface area contributed by atoms with E-state index in [1.165, 1.54) is 6.42 Å². The Morgan fingerprint density at radius 2 is 1.56 bits per heavy atom. The Hall–Kier alpha value is -0.610. The first-order valence-electron chi connectivity index (χ1n) is 14.3. The number of aliphatic hydroxyl groups is 2. The lowest BCUT2D eigenvalue weighted by Gasteiger charge is -2.72. The first-order valence-corrected chi connectivity index (χ1v) is 14.3. The Morgan fingerprint density at radius 3 is 2.18 bits per heavy atom. The predicted octanol–water partition coefficient (Wildman–Crippen LogP) is 6.14.